The number of rotatable bonds is 7. The van der Waals surface area contributed by atoms with Crippen molar-refractivity contribution >= 4 is 6.09 Å². The van der Waals surface area contributed by atoms with Crippen molar-refractivity contribution < 1.29 is 19.0 Å². The Labute approximate surface area is 179 Å². The smallest absolute Gasteiger partial charge is 0.410 e. The first kappa shape index (κ1) is 22.0. The number of para-hydroxylation sites is 1. The van der Waals surface area contributed by atoms with Crippen LogP contribution < -0.4 is 9.47 Å². The van der Waals surface area contributed by atoms with E-state index >= 15 is 0 Å². The topological polar surface area (TPSA) is 48.0 Å². The maximum atomic E-state index is 12.5. The zero-order valence-corrected chi connectivity index (χ0v) is 18.5. The number of aryl methyl sites for hydroxylation is 2. The van der Waals surface area contributed by atoms with E-state index in [2.05, 4.69) is 18.2 Å². The normalized spacial score (nSPS) is 16.4. The van der Waals surface area contributed by atoms with Crippen LogP contribution in [0.4, 0.5) is 4.79 Å². The quantitative estimate of drug-likeness (QED) is 0.624. The number of hydrogen-bond acceptors (Lipinski definition) is 4. The molecule has 1 amide bonds. The molecular weight excluding hydrogens is 378 g/mol. The van der Waals surface area contributed by atoms with E-state index < -0.39 is 5.60 Å². The highest BCUT2D eigenvalue weighted by molar-refractivity contribution is 5.69. The lowest BCUT2D eigenvalue weighted by Gasteiger charge is -2.28. The lowest BCUT2D eigenvalue weighted by atomic mass is 10.0. The fraction of sp³-hybridized carbons (Fsp3) is 0.480. The Balaban J connectivity index is 1.60. The van der Waals surface area contributed by atoms with E-state index in [-0.39, 0.29) is 12.1 Å². The molecule has 0 bridgehead atoms. The van der Waals surface area contributed by atoms with Crippen LogP contribution in [0.5, 0.6) is 11.5 Å². The first-order valence-corrected chi connectivity index (χ1v) is 10.7. The van der Waals surface area contributed by atoms with Crippen molar-refractivity contribution in [3.05, 3.63) is 59.7 Å². The maximum Gasteiger partial charge on any atom is 0.410 e. The summed E-state index contributed by atoms with van der Waals surface area (Å²) in [6.45, 7) is 6.89. The highest BCUT2D eigenvalue weighted by Crippen LogP contribution is 2.25. The number of hydrogen-bond donors (Lipinski definition) is 0. The molecule has 5 heteroatoms. The van der Waals surface area contributed by atoms with E-state index in [1.807, 2.05) is 56.0 Å². The summed E-state index contributed by atoms with van der Waals surface area (Å²) < 4.78 is 17.1. The fourth-order valence-electron chi connectivity index (χ4n) is 3.71. The predicted octanol–water partition coefficient (Wildman–Crippen LogP) is 5.26. The standard InChI is InChI=1S/C25H33NO4/c1-25(2,3)30-24(27)26-16-8-11-21(26)18-29-23-13-6-5-10-20(23)15-14-19-9-7-12-22(17-19)28-4/h5-7,9-10,12-13,17,21H,8,11,14-16,18H2,1-4H3/t21-/m1/s1. The van der Waals surface area contributed by atoms with E-state index in [9.17, 15) is 4.79 Å². The minimum Gasteiger partial charge on any atom is -0.497 e. The van der Waals surface area contributed by atoms with Gasteiger partial charge in [0.2, 0.25) is 0 Å². The van der Waals surface area contributed by atoms with Crippen LogP contribution in [-0.4, -0.2) is 42.9 Å². The van der Waals surface area contributed by atoms with Gasteiger partial charge < -0.3 is 19.1 Å². The summed E-state index contributed by atoms with van der Waals surface area (Å²) in [5, 5.41) is 0. The van der Waals surface area contributed by atoms with Gasteiger partial charge in [-0.25, -0.2) is 4.79 Å². The van der Waals surface area contributed by atoms with Crippen molar-refractivity contribution in [2.75, 3.05) is 20.3 Å². The minimum atomic E-state index is -0.488. The second kappa shape index (κ2) is 9.88. The van der Waals surface area contributed by atoms with Gasteiger partial charge in [-0.15, -0.1) is 0 Å². The fourth-order valence-corrected chi connectivity index (χ4v) is 3.71. The number of carbonyl (C=O) groups is 1. The number of nitrogens with zero attached hydrogens (tertiary/aromatic N) is 1. The molecule has 30 heavy (non-hydrogen) atoms. The zero-order chi connectivity index (χ0) is 21.6. The summed E-state index contributed by atoms with van der Waals surface area (Å²) in [4.78, 5) is 14.3. The van der Waals surface area contributed by atoms with E-state index in [4.69, 9.17) is 14.2 Å². The van der Waals surface area contributed by atoms with Gasteiger partial charge in [0, 0.05) is 6.54 Å². The van der Waals surface area contributed by atoms with Gasteiger partial charge in [0.05, 0.1) is 13.2 Å². The Hall–Kier alpha value is -2.69. The zero-order valence-electron chi connectivity index (χ0n) is 18.5. The van der Waals surface area contributed by atoms with E-state index in [0.717, 1.165) is 43.7 Å². The average molecular weight is 412 g/mol. The molecule has 1 saturated heterocycles. The van der Waals surface area contributed by atoms with E-state index in [0.29, 0.717) is 6.61 Å². The van der Waals surface area contributed by atoms with Crippen molar-refractivity contribution in [3.63, 3.8) is 0 Å². The van der Waals surface area contributed by atoms with Gasteiger partial charge >= 0.3 is 6.09 Å². The highest BCUT2D eigenvalue weighted by Gasteiger charge is 2.32. The van der Waals surface area contributed by atoms with Crippen molar-refractivity contribution in [2.24, 2.45) is 0 Å². The lowest BCUT2D eigenvalue weighted by molar-refractivity contribution is 0.0187. The predicted molar refractivity (Wildman–Crippen MR) is 118 cm³/mol. The Morgan fingerprint density at radius 2 is 1.90 bits per heavy atom. The summed E-state index contributed by atoms with van der Waals surface area (Å²) in [5.74, 6) is 1.76. The highest BCUT2D eigenvalue weighted by atomic mass is 16.6. The van der Waals surface area contributed by atoms with Crippen molar-refractivity contribution in [2.45, 2.75) is 58.1 Å². The Morgan fingerprint density at radius 1 is 1.10 bits per heavy atom. The third-order valence-electron chi connectivity index (χ3n) is 5.23. The molecule has 0 radical (unpaired) electrons. The Bertz CT molecular complexity index is 843. The minimum absolute atomic E-state index is 0.0475. The van der Waals surface area contributed by atoms with E-state index in [1.54, 1.807) is 7.11 Å². The molecule has 1 aliphatic rings. The molecule has 5 nitrogen and oxygen atoms in total. The Morgan fingerprint density at radius 3 is 2.67 bits per heavy atom. The second-order valence-corrected chi connectivity index (χ2v) is 8.74. The first-order valence-electron chi connectivity index (χ1n) is 10.7. The number of benzene rings is 2. The van der Waals surface area contributed by atoms with Crippen LogP contribution >= 0.6 is 0 Å². The molecule has 2 aromatic carbocycles. The SMILES string of the molecule is COc1cccc(CCc2ccccc2OC[C@H]2CCCN2C(=O)OC(C)(C)C)c1. The van der Waals surface area contributed by atoms with Crippen LogP contribution in [0, 0.1) is 0 Å². The molecule has 0 spiro atoms. The third-order valence-corrected chi connectivity index (χ3v) is 5.23. The summed E-state index contributed by atoms with van der Waals surface area (Å²) in [7, 11) is 1.69. The molecular formula is C25H33NO4. The van der Waals surface area contributed by atoms with Crippen molar-refractivity contribution in [1.29, 1.82) is 0 Å². The summed E-state index contributed by atoms with van der Waals surface area (Å²) >= 11 is 0. The van der Waals surface area contributed by atoms with Crippen LogP contribution in [-0.2, 0) is 17.6 Å². The molecule has 0 saturated carbocycles. The first-order chi connectivity index (χ1) is 14.4. The van der Waals surface area contributed by atoms with E-state index in [1.165, 1.54) is 11.1 Å². The molecule has 162 valence electrons. The van der Waals surface area contributed by atoms with Crippen LogP contribution in [0.2, 0.25) is 0 Å². The molecule has 1 heterocycles. The van der Waals surface area contributed by atoms with Crippen molar-refractivity contribution in [3.8, 4) is 11.5 Å². The van der Waals surface area contributed by atoms with Gasteiger partial charge in [0.1, 0.15) is 23.7 Å². The monoisotopic (exact) mass is 411 g/mol. The number of amides is 1. The van der Waals surface area contributed by atoms with Crippen LogP contribution in [0.25, 0.3) is 0 Å². The number of ether oxygens (including phenoxy) is 3. The number of carbonyl (C=O) groups excluding carboxylic acids is 1. The molecule has 0 unspecified atom stereocenters. The van der Waals surface area contributed by atoms with Crippen LogP contribution in [0.15, 0.2) is 48.5 Å². The van der Waals surface area contributed by atoms with Crippen LogP contribution in [0.3, 0.4) is 0 Å². The molecule has 0 aliphatic carbocycles. The van der Waals surface area contributed by atoms with Gasteiger partial charge in [-0.1, -0.05) is 30.3 Å². The van der Waals surface area contributed by atoms with Gasteiger partial charge in [-0.05, 0) is 75.8 Å². The molecule has 0 N–H and O–H groups in total. The molecule has 2 aromatic rings. The van der Waals surface area contributed by atoms with Crippen LogP contribution in [0.1, 0.15) is 44.7 Å². The summed E-state index contributed by atoms with van der Waals surface area (Å²) in [6.07, 6.45) is 3.45. The summed E-state index contributed by atoms with van der Waals surface area (Å²) in [6, 6.07) is 16.3. The van der Waals surface area contributed by atoms with Gasteiger partial charge in [0.15, 0.2) is 0 Å². The molecule has 1 fully saturated rings. The summed E-state index contributed by atoms with van der Waals surface area (Å²) in [5.41, 5.74) is 1.91. The Kier molecular flexibility index (Phi) is 7.24. The molecule has 3 rings (SSSR count). The lowest BCUT2D eigenvalue weighted by Crippen LogP contribution is -2.42. The largest absolute Gasteiger partial charge is 0.497 e. The van der Waals surface area contributed by atoms with Gasteiger partial charge in [-0.2, -0.15) is 0 Å². The van der Waals surface area contributed by atoms with Gasteiger partial charge in [-0.3, -0.25) is 0 Å². The van der Waals surface area contributed by atoms with Crippen molar-refractivity contribution in [1.82, 2.24) is 4.90 Å². The molecule has 0 aromatic heterocycles. The molecule has 1 atom stereocenters. The number of methoxy groups -OCH3 is 1. The second-order valence-electron chi connectivity index (χ2n) is 8.74. The average Bonchev–Trinajstić information content (AvgIpc) is 3.19. The third kappa shape index (κ3) is 6.15. The maximum absolute atomic E-state index is 12.5. The molecule has 1 aliphatic heterocycles. The number of likely N-dealkylation sites (tertiary alicyclic amines) is 1. The van der Waals surface area contributed by atoms with Gasteiger partial charge in [0.25, 0.3) is 0 Å².